The van der Waals surface area contributed by atoms with Crippen molar-refractivity contribution in [2.75, 3.05) is 12.4 Å². The maximum Gasteiger partial charge on any atom is 0.358 e. The van der Waals surface area contributed by atoms with Gasteiger partial charge in [-0.2, -0.15) is 0 Å². The van der Waals surface area contributed by atoms with Crippen LogP contribution in [0.5, 0.6) is 0 Å². The Bertz CT molecular complexity index is 1100. The number of amides is 1. The number of imidazole rings is 1. The molecule has 0 atom stereocenters. The number of hydrogen-bond donors (Lipinski definition) is 2. The SMILES string of the molecule is COC(=O)c1c(NC(=O)c2cncnc2)[nH]c(=S)n1Cc1ccc(Cl)c(Cl)c1. The highest BCUT2D eigenvalue weighted by Crippen LogP contribution is 2.24. The number of aromatic amines is 1. The summed E-state index contributed by atoms with van der Waals surface area (Å²) in [5, 5.41) is 3.38. The average Bonchev–Trinajstić information content (AvgIpc) is 2.99. The van der Waals surface area contributed by atoms with E-state index in [1.54, 1.807) is 18.2 Å². The van der Waals surface area contributed by atoms with Gasteiger partial charge in [-0.05, 0) is 29.9 Å². The summed E-state index contributed by atoms with van der Waals surface area (Å²) in [6.45, 7) is 0.209. The first-order valence-electron chi connectivity index (χ1n) is 7.82. The fourth-order valence-electron chi connectivity index (χ4n) is 2.44. The summed E-state index contributed by atoms with van der Waals surface area (Å²) < 4.78 is 6.56. The zero-order chi connectivity index (χ0) is 20.3. The Labute approximate surface area is 174 Å². The number of esters is 1. The van der Waals surface area contributed by atoms with E-state index in [-0.39, 0.29) is 28.4 Å². The minimum absolute atomic E-state index is 0.0590. The van der Waals surface area contributed by atoms with Crippen LogP contribution in [-0.2, 0) is 11.3 Å². The number of halogens is 2. The topological polar surface area (TPSA) is 102 Å². The second-order valence-electron chi connectivity index (χ2n) is 5.56. The molecule has 0 radical (unpaired) electrons. The Balaban J connectivity index is 1.99. The number of nitrogens with zero attached hydrogens (tertiary/aromatic N) is 3. The van der Waals surface area contributed by atoms with E-state index in [1.165, 1.54) is 30.4 Å². The molecule has 2 heterocycles. The third kappa shape index (κ3) is 4.22. The van der Waals surface area contributed by atoms with Gasteiger partial charge in [-0.3, -0.25) is 4.79 Å². The van der Waals surface area contributed by atoms with Crippen LogP contribution in [0.3, 0.4) is 0 Å². The molecular formula is C17H13Cl2N5O3S. The standard InChI is InChI=1S/C17H13Cl2N5O3S/c1-27-16(26)13-14(22-15(25)10-5-20-8-21-6-10)23-17(28)24(13)7-9-2-3-11(18)12(19)4-9/h2-6,8H,7H2,1H3,(H,22,25)(H,23,28). The van der Waals surface area contributed by atoms with Crippen LogP contribution < -0.4 is 5.32 Å². The molecule has 0 saturated heterocycles. The van der Waals surface area contributed by atoms with Crippen LogP contribution in [0, 0.1) is 4.77 Å². The molecule has 0 aliphatic carbocycles. The maximum absolute atomic E-state index is 12.4. The van der Waals surface area contributed by atoms with Crippen LogP contribution in [0.4, 0.5) is 5.82 Å². The van der Waals surface area contributed by atoms with Crippen LogP contribution in [0.2, 0.25) is 10.0 Å². The summed E-state index contributed by atoms with van der Waals surface area (Å²) in [6.07, 6.45) is 4.00. The Morgan fingerprint density at radius 1 is 1.25 bits per heavy atom. The van der Waals surface area contributed by atoms with Gasteiger partial charge < -0.3 is 19.6 Å². The van der Waals surface area contributed by atoms with Crippen LogP contribution in [-0.4, -0.2) is 38.5 Å². The number of carbonyl (C=O) groups is 2. The van der Waals surface area contributed by atoms with Gasteiger partial charge in [0.25, 0.3) is 5.91 Å². The molecule has 0 saturated carbocycles. The summed E-state index contributed by atoms with van der Waals surface area (Å²) in [5.74, 6) is -1.08. The quantitative estimate of drug-likeness (QED) is 0.465. The third-order valence-corrected chi connectivity index (χ3v) is 4.81. The fraction of sp³-hybridized carbons (Fsp3) is 0.118. The summed E-state index contributed by atoms with van der Waals surface area (Å²) in [7, 11) is 1.23. The largest absolute Gasteiger partial charge is 0.464 e. The highest BCUT2D eigenvalue weighted by Gasteiger charge is 2.23. The Morgan fingerprint density at radius 3 is 2.61 bits per heavy atom. The summed E-state index contributed by atoms with van der Waals surface area (Å²) in [6, 6.07) is 5.06. The second kappa shape index (κ2) is 8.51. The summed E-state index contributed by atoms with van der Waals surface area (Å²) >= 11 is 17.3. The molecule has 0 aliphatic rings. The Kier molecular flexibility index (Phi) is 6.08. The molecule has 2 aromatic heterocycles. The minimum atomic E-state index is -0.674. The van der Waals surface area contributed by atoms with Crippen LogP contribution in [0.25, 0.3) is 0 Å². The smallest absolute Gasteiger partial charge is 0.358 e. The van der Waals surface area contributed by atoms with E-state index in [4.69, 9.17) is 40.2 Å². The fourth-order valence-corrected chi connectivity index (χ4v) is 3.02. The van der Waals surface area contributed by atoms with Gasteiger partial charge in [-0.15, -0.1) is 0 Å². The molecule has 0 fully saturated rings. The number of anilines is 1. The molecule has 2 N–H and O–H groups in total. The minimum Gasteiger partial charge on any atom is -0.464 e. The molecule has 3 rings (SSSR count). The molecule has 0 unspecified atom stereocenters. The van der Waals surface area contributed by atoms with Crippen LogP contribution in [0.15, 0.2) is 36.9 Å². The number of aromatic nitrogens is 4. The molecule has 1 amide bonds. The Hall–Kier alpha value is -2.75. The number of H-pyrrole nitrogens is 1. The normalized spacial score (nSPS) is 10.5. The lowest BCUT2D eigenvalue weighted by molar-refractivity contribution is 0.0590. The second-order valence-corrected chi connectivity index (χ2v) is 6.76. The van der Waals surface area contributed by atoms with Gasteiger partial charge in [-0.25, -0.2) is 14.8 Å². The van der Waals surface area contributed by atoms with Gasteiger partial charge >= 0.3 is 5.97 Å². The lowest BCUT2D eigenvalue weighted by atomic mass is 10.2. The first-order chi connectivity index (χ1) is 13.4. The zero-order valence-electron chi connectivity index (χ0n) is 14.4. The molecule has 11 heteroatoms. The van der Waals surface area contributed by atoms with Gasteiger partial charge in [0.1, 0.15) is 12.1 Å². The highest BCUT2D eigenvalue weighted by molar-refractivity contribution is 7.71. The van der Waals surface area contributed by atoms with Crippen molar-refractivity contribution in [2.24, 2.45) is 0 Å². The first-order valence-corrected chi connectivity index (χ1v) is 8.98. The monoisotopic (exact) mass is 437 g/mol. The predicted molar refractivity (Wildman–Crippen MR) is 107 cm³/mol. The number of hydrogen-bond acceptors (Lipinski definition) is 6. The van der Waals surface area contributed by atoms with E-state index in [0.717, 1.165) is 5.56 Å². The van der Waals surface area contributed by atoms with E-state index in [1.807, 2.05) is 0 Å². The van der Waals surface area contributed by atoms with Crippen molar-refractivity contribution in [2.45, 2.75) is 6.54 Å². The molecule has 3 aromatic rings. The molecule has 0 bridgehead atoms. The van der Waals surface area contributed by atoms with Gasteiger partial charge in [0.2, 0.25) is 0 Å². The number of methoxy groups -OCH3 is 1. The van der Waals surface area contributed by atoms with Gasteiger partial charge in [-0.1, -0.05) is 29.3 Å². The molecule has 1 aromatic carbocycles. The molecule has 8 nitrogen and oxygen atoms in total. The van der Waals surface area contributed by atoms with Gasteiger partial charge in [0.15, 0.2) is 10.5 Å². The van der Waals surface area contributed by atoms with E-state index >= 15 is 0 Å². The molecule has 28 heavy (non-hydrogen) atoms. The number of ether oxygens (including phenoxy) is 1. The van der Waals surface area contributed by atoms with Crippen molar-refractivity contribution >= 4 is 53.1 Å². The summed E-state index contributed by atoms with van der Waals surface area (Å²) in [5.41, 5.74) is 1.03. The highest BCUT2D eigenvalue weighted by atomic mass is 35.5. The van der Waals surface area contributed by atoms with Gasteiger partial charge in [0.05, 0.1) is 29.3 Å². The molecule has 0 spiro atoms. The van der Waals surface area contributed by atoms with Crippen molar-refractivity contribution in [3.8, 4) is 0 Å². The van der Waals surface area contributed by atoms with E-state index in [0.29, 0.717) is 10.0 Å². The number of nitrogens with one attached hydrogen (secondary N) is 2. The third-order valence-electron chi connectivity index (χ3n) is 3.75. The molecular weight excluding hydrogens is 425 g/mol. The van der Waals surface area contributed by atoms with Crippen LogP contribution >= 0.6 is 35.4 Å². The van der Waals surface area contributed by atoms with E-state index in [9.17, 15) is 9.59 Å². The Morgan fingerprint density at radius 2 is 1.96 bits per heavy atom. The average molecular weight is 438 g/mol. The lowest BCUT2D eigenvalue weighted by Crippen LogP contribution is -2.18. The number of benzene rings is 1. The molecule has 144 valence electrons. The van der Waals surface area contributed by atoms with Gasteiger partial charge in [0, 0.05) is 12.4 Å². The van der Waals surface area contributed by atoms with Crippen molar-refractivity contribution in [1.29, 1.82) is 0 Å². The predicted octanol–water partition coefficient (Wildman–Crippen LogP) is 3.73. The number of rotatable bonds is 5. The van der Waals surface area contributed by atoms with Crippen LogP contribution in [0.1, 0.15) is 26.4 Å². The summed E-state index contributed by atoms with van der Waals surface area (Å²) in [4.78, 5) is 35.2. The number of carbonyl (C=O) groups excluding carboxylic acids is 2. The lowest BCUT2D eigenvalue weighted by Gasteiger charge is -2.10. The van der Waals surface area contributed by atoms with Crippen molar-refractivity contribution < 1.29 is 14.3 Å². The zero-order valence-corrected chi connectivity index (χ0v) is 16.7. The van der Waals surface area contributed by atoms with Crippen molar-refractivity contribution in [3.05, 3.63) is 68.6 Å². The molecule has 0 aliphatic heterocycles. The van der Waals surface area contributed by atoms with Crippen molar-refractivity contribution in [1.82, 2.24) is 19.5 Å². The van der Waals surface area contributed by atoms with E-state index < -0.39 is 11.9 Å². The maximum atomic E-state index is 12.4. The first kappa shape index (κ1) is 20.0. The van der Waals surface area contributed by atoms with E-state index in [2.05, 4.69) is 20.3 Å². The van der Waals surface area contributed by atoms with Crippen molar-refractivity contribution in [3.63, 3.8) is 0 Å².